The number of benzene rings is 2. The molecule has 0 radical (unpaired) electrons. The Labute approximate surface area is 146 Å². The highest BCUT2D eigenvalue weighted by Gasteiger charge is 2.27. The molecule has 3 rings (SSSR count). The second kappa shape index (κ2) is 6.57. The first-order chi connectivity index (χ1) is 11.8. The van der Waals surface area contributed by atoms with Gasteiger partial charge in [-0.1, -0.05) is 18.2 Å². The van der Waals surface area contributed by atoms with Crippen molar-refractivity contribution in [2.45, 2.75) is 24.8 Å². The van der Waals surface area contributed by atoms with Gasteiger partial charge >= 0.3 is 0 Å². The molecule has 7 heteroatoms. The van der Waals surface area contributed by atoms with Crippen molar-refractivity contribution < 1.29 is 17.6 Å². The maximum Gasteiger partial charge on any atom is 0.243 e. The number of anilines is 1. The second-order valence-corrected chi connectivity index (χ2v) is 8.11. The molecule has 0 saturated carbocycles. The molecule has 2 aromatic carbocycles. The molecule has 1 heterocycles. The summed E-state index contributed by atoms with van der Waals surface area (Å²) in [6, 6.07) is 10.9. The monoisotopic (exact) mass is 362 g/mol. The van der Waals surface area contributed by atoms with Gasteiger partial charge in [-0.15, -0.1) is 0 Å². The first kappa shape index (κ1) is 17.6. The number of fused-ring (bicyclic) bond motifs is 1. The van der Waals surface area contributed by atoms with Crippen LogP contribution in [0.2, 0.25) is 0 Å². The van der Waals surface area contributed by atoms with E-state index in [9.17, 15) is 17.6 Å². The van der Waals surface area contributed by atoms with E-state index in [1.807, 2.05) is 0 Å². The standard InChI is InChI=1S/C18H19FN2O3S/c1-13(22)21-10-9-14-11-16(7-8-18(14)21)25(23,24)20(2)12-15-5-3-4-6-17(15)19/h3-8,11H,9-10,12H2,1-2H3. The van der Waals surface area contributed by atoms with Gasteiger partial charge in [0.1, 0.15) is 5.82 Å². The fourth-order valence-electron chi connectivity index (χ4n) is 3.00. The van der Waals surface area contributed by atoms with E-state index < -0.39 is 15.8 Å². The predicted octanol–water partition coefficient (Wildman–Crippen LogP) is 2.56. The molecule has 0 spiro atoms. The van der Waals surface area contributed by atoms with Crippen LogP contribution in [-0.4, -0.2) is 32.2 Å². The highest BCUT2D eigenvalue weighted by atomic mass is 32.2. The Bertz CT molecular complexity index is 928. The summed E-state index contributed by atoms with van der Waals surface area (Å²) < 4.78 is 40.5. The Morgan fingerprint density at radius 2 is 1.96 bits per heavy atom. The molecule has 0 atom stereocenters. The lowest BCUT2D eigenvalue weighted by Crippen LogP contribution is -2.27. The highest BCUT2D eigenvalue weighted by Crippen LogP contribution is 2.31. The van der Waals surface area contributed by atoms with E-state index >= 15 is 0 Å². The van der Waals surface area contributed by atoms with Crippen LogP contribution in [0.15, 0.2) is 47.4 Å². The predicted molar refractivity (Wildman–Crippen MR) is 93.2 cm³/mol. The van der Waals surface area contributed by atoms with Crippen LogP contribution in [0.5, 0.6) is 0 Å². The van der Waals surface area contributed by atoms with Crippen molar-refractivity contribution >= 4 is 21.6 Å². The van der Waals surface area contributed by atoms with Gasteiger partial charge in [-0.2, -0.15) is 4.31 Å². The van der Waals surface area contributed by atoms with Crippen LogP contribution in [0.3, 0.4) is 0 Å². The van der Waals surface area contributed by atoms with Crippen LogP contribution in [-0.2, 0) is 27.8 Å². The van der Waals surface area contributed by atoms with Crippen molar-refractivity contribution in [3.63, 3.8) is 0 Å². The molecule has 1 aliphatic rings. The Balaban J connectivity index is 1.88. The van der Waals surface area contributed by atoms with E-state index in [1.165, 1.54) is 26.1 Å². The lowest BCUT2D eigenvalue weighted by atomic mass is 10.2. The van der Waals surface area contributed by atoms with Crippen molar-refractivity contribution in [1.29, 1.82) is 0 Å². The number of rotatable bonds is 4. The Kier molecular flexibility index (Phi) is 4.62. The molecule has 0 fully saturated rings. The minimum atomic E-state index is -3.75. The number of sulfonamides is 1. The summed E-state index contributed by atoms with van der Waals surface area (Å²) in [6.07, 6.45) is 0.620. The summed E-state index contributed by atoms with van der Waals surface area (Å²) in [6.45, 7) is 1.99. The van der Waals surface area contributed by atoms with Gasteiger partial charge in [0.25, 0.3) is 0 Å². The third kappa shape index (κ3) is 3.29. The molecule has 0 bridgehead atoms. The average Bonchev–Trinajstić information content (AvgIpc) is 3.00. The van der Waals surface area contributed by atoms with Crippen molar-refractivity contribution in [2.24, 2.45) is 0 Å². The molecule has 1 amide bonds. The van der Waals surface area contributed by atoms with Gasteiger partial charge in [-0.3, -0.25) is 4.79 Å². The topological polar surface area (TPSA) is 57.7 Å². The zero-order chi connectivity index (χ0) is 18.2. The van der Waals surface area contributed by atoms with E-state index in [2.05, 4.69) is 0 Å². The largest absolute Gasteiger partial charge is 0.312 e. The number of hydrogen-bond donors (Lipinski definition) is 0. The lowest BCUT2D eigenvalue weighted by Gasteiger charge is -2.19. The lowest BCUT2D eigenvalue weighted by molar-refractivity contribution is -0.116. The van der Waals surface area contributed by atoms with E-state index in [4.69, 9.17) is 0 Å². The first-order valence-corrected chi connectivity index (χ1v) is 9.35. The van der Waals surface area contributed by atoms with Gasteiger partial charge in [0, 0.05) is 38.3 Å². The third-order valence-corrected chi connectivity index (χ3v) is 6.19. The normalized spacial score (nSPS) is 14.0. The summed E-state index contributed by atoms with van der Waals surface area (Å²) in [4.78, 5) is 13.4. The Morgan fingerprint density at radius 1 is 1.24 bits per heavy atom. The Morgan fingerprint density at radius 3 is 2.64 bits per heavy atom. The van der Waals surface area contributed by atoms with Crippen LogP contribution in [0.25, 0.3) is 0 Å². The van der Waals surface area contributed by atoms with E-state index in [1.54, 1.807) is 35.2 Å². The van der Waals surface area contributed by atoms with Gasteiger partial charge in [0.2, 0.25) is 15.9 Å². The van der Waals surface area contributed by atoms with Crippen LogP contribution in [0.1, 0.15) is 18.1 Å². The molecule has 25 heavy (non-hydrogen) atoms. The SMILES string of the molecule is CC(=O)N1CCc2cc(S(=O)(=O)N(C)Cc3ccccc3F)ccc21. The van der Waals surface area contributed by atoms with Crippen LogP contribution < -0.4 is 4.90 Å². The number of halogens is 1. The minimum Gasteiger partial charge on any atom is -0.312 e. The fraction of sp³-hybridized carbons (Fsp3) is 0.278. The van der Waals surface area contributed by atoms with Crippen molar-refractivity contribution in [2.75, 3.05) is 18.5 Å². The molecule has 0 aliphatic carbocycles. The number of amides is 1. The first-order valence-electron chi connectivity index (χ1n) is 7.91. The summed E-state index contributed by atoms with van der Waals surface area (Å²) in [5, 5.41) is 0. The maximum atomic E-state index is 13.8. The summed E-state index contributed by atoms with van der Waals surface area (Å²) >= 11 is 0. The Hall–Kier alpha value is -2.25. The van der Waals surface area contributed by atoms with Gasteiger partial charge < -0.3 is 4.90 Å². The summed E-state index contributed by atoms with van der Waals surface area (Å²) in [5.74, 6) is -0.498. The zero-order valence-electron chi connectivity index (χ0n) is 14.1. The molecule has 2 aromatic rings. The van der Waals surface area contributed by atoms with Crippen molar-refractivity contribution in [3.8, 4) is 0 Å². The van der Waals surface area contributed by atoms with Crippen molar-refractivity contribution in [3.05, 3.63) is 59.4 Å². The molecule has 5 nitrogen and oxygen atoms in total. The molecule has 0 saturated heterocycles. The minimum absolute atomic E-state index is 0.0499. The smallest absolute Gasteiger partial charge is 0.243 e. The van der Waals surface area contributed by atoms with Gasteiger partial charge in [0.15, 0.2) is 0 Å². The van der Waals surface area contributed by atoms with Gasteiger partial charge in [0.05, 0.1) is 4.90 Å². The molecule has 0 N–H and O–H groups in total. The van der Waals surface area contributed by atoms with Gasteiger partial charge in [-0.05, 0) is 36.2 Å². The van der Waals surface area contributed by atoms with Crippen LogP contribution in [0.4, 0.5) is 10.1 Å². The number of carbonyl (C=O) groups excluding carboxylic acids is 1. The maximum absolute atomic E-state index is 13.8. The zero-order valence-corrected chi connectivity index (χ0v) is 14.9. The van der Waals surface area contributed by atoms with Gasteiger partial charge in [-0.25, -0.2) is 12.8 Å². The summed E-state index contributed by atoms with van der Waals surface area (Å²) in [7, 11) is -2.32. The number of nitrogens with zero attached hydrogens (tertiary/aromatic N) is 2. The number of carbonyl (C=O) groups is 1. The fourth-order valence-corrected chi connectivity index (χ4v) is 4.20. The molecule has 132 valence electrons. The van der Waals surface area contributed by atoms with E-state index in [0.29, 0.717) is 18.5 Å². The highest BCUT2D eigenvalue weighted by molar-refractivity contribution is 7.89. The third-order valence-electron chi connectivity index (χ3n) is 4.39. The average molecular weight is 362 g/mol. The molecular formula is C18H19FN2O3S. The van der Waals surface area contributed by atoms with E-state index in [0.717, 1.165) is 15.6 Å². The molecule has 0 aromatic heterocycles. The second-order valence-electron chi connectivity index (χ2n) is 6.06. The van der Waals surface area contributed by atoms with Crippen LogP contribution in [0, 0.1) is 5.82 Å². The van der Waals surface area contributed by atoms with Crippen molar-refractivity contribution in [1.82, 2.24) is 4.31 Å². The summed E-state index contributed by atoms with van der Waals surface area (Å²) in [5.41, 5.74) is 1.90. The number of hydrogen-bond acceptors (Lipinski definition) is 3. The molecule has 1 aliphatic heterocycles. The van der Waals surface area contributed by atoms with Crippen LogP contribution >= 0.6 is 0 Å². The van der Waals surface area contributed by atoms with E-state index in [-0.39, 0.29) is 17.3 Å². The molecule has 0 unspecified atom stereocenters. The molecular weight excluding hydrogens is 343 g/mol. The quantitative estimate of drug-likeness (QED) is 0.840.